The van der Waals surface area contributed by atoms with Gasteiger partial charge in [-0.25, -0.2) is 0 Å². The van der Waals surface area contributed by atoms with Gasteiger partial charge in [0.15, 0.2) is 11.5 Å². The molecule has 2 aromatic heterocycles. The van der Waals surface area contributed by atoms with Crippen LogP contribution in [-0.2, 0) is 6.42 Å². The summed E-state index contributed by atoms with van der Waals surface area (Å²) in [5, 5.41) is 13.1. The fraction of sp³-hybridized carbons (Fsp3) is 0.636. The second-order valence-corrected chi connectivity index (χ2v) is 8.11. The van der Waals surface area contributed by atoms with Gasteiger partial charge in [0.1, 0.15) is 5.76 Å². The van der Waals surface area contributed by atoms with Gasteiger partial charge in [-0.1, -0.05) is 43.7 Å². The van der Waals surface area contributed by atoms with Gasteiger partial charge in [0, 0.05) is 24.6 Å². The third kappa shape index (κ3) is 4.17. The van der Waals surface area contributed by atoms with Gasteiger partial charge in [-0.05, 0) is 37.8 Å². The molecule has 2 aliphatic carbocycles. The van der Waals surface area contributed by atoms with E-state index in [2.05, 4.69) is 10.1 Å². The SMILES string of the molecule is O=C(c1cc(-c2ccc(CCO)o2)on1)N(C1CCCCC1)C1CCCCC1. The standard InChI is InChI=1S/C22H30N2O4/c25-14-13-18-11-12-20(27-18)21-15-19(23-28-21)22(26)24(16-7-3-1-4-8-16)17-9-5-2-6-10-17/h11-12,15-17,25H,1-10,13-14H2. The number of hydrogen-bond acceptors (Lipinski definition) is 5. The second-order valence-electron chi connectivity index (χ2n) is 8.11. The molecule has 152 valence electrons. The van der Waals surface area contributed by atoms with Crippen molar-refractivity contribution < 1.29 is 18.8 Å². The van der Waals surface area contributed by atoms with Crippen LogP contribution in [0, 0.1) is 0 Å². The predicted molar refractivity (Wildman–Crippen MR) is 105 cm³/mol. The number of aliphatic hydroxyl groups excluding tert-OH is 1. The normalized spacial score (nSPS) is 19.0. The van der Waals surface area contributed by atoms with Crippen LogP contribution in [0.25, 0.3) is 11.5 Å². The average Bonchev–Trinajstić information content (AvgIpc) is 3.40. The summed E-state index contributed by atoms with van der Waals surface area (Å²) in [5.41, 5.74) is 0.367. The Morgan fingerprint density at radius 1 is 1.00 bits per heavy atom. The highest BCUT2D eigenvalue weighted by molar-refractivity contribution is 5.93. The maximum absolute atomic E-state index is 13.4. The van der Waals surface area contributed by atoms with Crippen molar-refractivity contribution in [1.82, 2.24) is 10.1 Å². The summed E-state index contributed by atoms with van der Waals surface area (Å²) in [5.74, 6) is 1.68. The van der Waals surface area contributed by atoms with E-state index in [1.165, 1.54) is 38.5 Å². The molecule has 2 fully saturated rings. The monoisotopic (exact) mass is 386 g/mol. The van der Waals surface area contributed by atoms with E-state index in [1.54, 1.807) is 12.1 Å². The lowest BCUT2D eigenvalue weighted by molar-refractivity contribution is 0.0438. The van der Waals surface area contributed by atoms with Gasteiger partial charge >= 0.3 is 0 Å². The van der Waals surface area contributed by atoms with E-state index in [9.17, 15) is 4.79 Å². The van der Waals surface area contributed by atoms with Crippen molar-refractivity contribution in [1.29, 1.82) is 0 Å². The van der Waals surface area contributed by atoms with Gasteiger partial charge in [-0.15, -0.1) is 0 Å². The van der Waals surface area contributed by atoms with Crippen LogP contribution in [0.5, 0.6) is 0 Å². The number of rotatable bonds is 6. The highest BCUT2D eigenvalue weighted by Gasteiger charge is 2.34. The van der Waals surface area contributed by atoms with Crippen LogP contribution >= 0.6 is 0 Å². The second kappa shape index (κ2) is 8.95. The maximum Gasteiger partial charge on any atom is 0.276 e. The Morgan fingerprint density at radius 3 is 2.25 bits per heavy atom. The van der Waals surface area contributed by atoms with Crippen molar-refractivity contribution in [2.75, 3.05) is 6.61 Å². The van der Waals surface area contributed by atoms with E-state index in [4.69, 9.17) is 14.0 Å². The lowest BCUT2D eigenvalue weighted by Crippen LogP contribution is -2.48. The van der Waals surface area contributed by atoms with Crippen molar-refractivity contribution in [2.24, 2.45) is 0 Å². The molecule has 6 heteroatoms. The van der Waals surface area contributed by atoms with Crippen LogP contribution in [0.15, 0.2) is 27.1 Å². The molecule has 28 heavy (non-hydrogen) atoms. The van der Waals surface area contributed by atoms with Gasteiger partial charge in [-0.3, -0.25) is 4.79 Å². The van der Waals surface area contributed by atoms with Crippen LogP contribution < -0.4 is 0 Å². The lowest BCUT2D eigenvalue weighted by atomic mass is 9.88. The van der Waals surface area contributed by atoms with E-state index in [1.807, 2.05) is 6.07 Å². The van der Waals surface area contributed by atoms with Gasteiger partial charge in [-0.2, -0.15) is 0 Å². The molecular formula is C22H30N2O4. The number of aromatic nitrogens is 1. The molecular weight excluding hydrogens is 356 g/mol. The molecule has 0 atom stereocenters. The number of nitrogens with zero attached hydrogens (tertiary/aromatic N) is 2. The van der Waals surface area contributed by atoms with Crippen molar-refractivity contribution in [2.45, 2.75) is 82.7 Å². The summed E-state index contributed by atoms with van der Waals surface area (Å²) in [6.07, 6.45) is 12.2. The predicted octanol–water partition coefficient (Wildman–Crippen LogP) is 4.58. The van der Waals surface area contributed by atoms with E-state index < -0.39 is 0 Å². The Balaban J connectivity index is 1.54. The molecule has 1 N–H and O–H groups in total. The fourth-order valence-corrected chi connectivity index (χ4v) is 4.73. The molecule has 0 aliphatic heterocycles. The van der Waals surface area contributed by atoms with E-state index >= 15 is 0 Å². The third-order valence-electron chi connectivity index (χ3n) is 6.16. The minimum atomic E-state index is -0.00376. The van der Waals surface area contributed by atoms with Crippen LogP contribution in [0.4, 0.5) is 0 Å². The lowest BCUT2D eigenvalue weighted by Gasteiger charge is -2.41. The fourth-order valence-electron chi connectivity index (χ4n) is 4.73. The topological polar surface area (TPSA) is 79.7 Å². The van der Waals surface area contributed by atoms with Crippen molar-refractivity contribution in [3.63, 3.8) is 0 Å². The molecule has 0 saturated heterocycles. The van der Waals surface area contributed by atoms with Gasteiger partial charge in [0.25, 0.3) is 5.91 Å². The molecule has 0 unspecified atom stereocenters. The molecule has 6 nitrogen and oxygen atoms in total. The zero-order valence-corrected chi connectivity index (χ0v) is 16.4. The van der Waals surface area contributed by atoms with Crippen LogP contribution in [0.2, 0.25) is 0 Å². The van der Waals surface area contributed by atoms with Crippen molar-refractivity contribution >= 4 is 5.91 Å². The molecule has 2 aliphatic rings. The number of aliphatic hydroxyl groups is 1. The zero-order valence-electron chi connectivity index (χ0n) is 16.4. The Kier molecular flexibility index (Phi) is 6.15. The highest BCUT2D eigenvalue weighted by Crippen LogP contribution is 2.32. The quantitative estimate of drug-likeness (QED) is 0.786. The minimum absolute atomic E-state index is 0.00376. The van der Waals surface area contributed by atoms with E-state index in [-0.39, 0.29) is 12.5 Å². The first-order valence-corrected chi connectivity index (χ1v) is 10.8. The largest absolute Gasteiger partial charge is 0.458 e. The summed E-state index contributed by atoms with van der Waals surface area (Å²) in [6, 6.07) is 5.95. The van der Waals surface area contributed by atoms with Gasteiger partial charge in [0.2, 0.25) is 5.76 Å². The van der Waals surface area contributed by atoms with Crippen LogP contribution in [-0.4, -0.2) is 39.8 Å². The molecule has 0 aromatic carbocycles. The molecule has 0 radical (unpaired) electrons. The van der Waals surface area contributed by atoms with Crippen LogP contribution in [0.3, 0.4) is 0 Å². The molecule has 2 saturated carbocycles. The summed E-state index contributed by atoms with van der Waals surface area (Å²) in [6.45, 7) is 0.0326. The van der Waals surface area contributed by atoms with E-state index in [0.29, 0.717) is 41.5 Å². The minimum Gasteiger partial charge on any atom is -0.458 e. The number of hydrogen-bond donors (Lipinski definition) is 1. The molecule has 2 aromatic rings. The Hall–Kier alpha value is -2.08. The van der Waals surface area contributed by atoms with Crippen molar-refractivity contribution in [3.05, 3.63) is 29.7 Å². The Labute approximate surface area is 165 Å². The highest BCUT2D eigenvalue weighted by atomic mass is 16.5. The molecule has 0 spiro atoms. The number of carbonyl (C=O) groups is 1. The third-order valence-corrected chi connectivity index (χ3v) is 6.16. The zero-order chi connectivity index (χ0) is 19.3. The van der Waals surface area contributed by atoms with Crippen LogP contribution in [0.1, 0.15) is 80.5 Å². The summed E-state index contributed by atoms with van der Waals surface area (Å²) in [4.78, 5) is 15.6. The molecule has 0 bridgehead atoms. The van der Waals surface area contributed by atoms with Crippen molar-refractivity contribution in [3.8, 4) is 11.5 Å². The van der Waals surface area contributed by atoms with Gasteiger partial charge in [0.05, 0.1) is 6.61 Å². The number of furan rings is 1. The van der Waals surface area contributed by atoms with E-state index in [0.717, 1.165) is 25.7 Å². The molecule has 2 heterocycles. The number of amides is 1. The Morgan fingerprint density at radius 2 is 1.64 bits per heavy atom. The first kappa shape index (κ1) is 19.2. The summed E-state index contributed by atoms with van der Waals surface area (Å²) >= 11 is 0. The molecule has 4 rings (SSSR count). The summed E-state index contributed by atoms with van der Waals surface area (Å²) < 4.78 is 11.1. The maximum atomic E-state index is 13.4. The number of carbonyl (C=O) groups excluding carboxylic acids is 1. The first-order valence-electron chi connectivity index (χ1n) is 10.8. The summed E-state index contributed by atoms with van der Waals surface area (Å²) in [7, 11) is 0. The Bertz CT molecular complexity index is 751. The molecule has 1 amide bonds. The van der Waals surface area contributed by atoms with Gasteiger partial charge < -0.3 is 18.9 Å². The average molecular weight is 386 g/mol. The first-order chi connectivity index (χ1) is 13.8. The smallest absolute Gasteiger partial charge is 0.276 e.